The van der Waals surface area contributed by atoms with Gasteiger partial charge in [-0.3, -0.25) is 33.6 Å². The van der Waals surface area contributed by atoms with Crippen LogP contribution in [0.5, 0.6) is 0 Å². The number of Topliss-reactive ketones (excluding diaryl/α,β-unsaturated/α-hetero) is 3. The molecule has 37 nitrogen and oxygen atoms in total. The highest BCUT2D eigenvalue weighted by Gasteiger charge is 2.54. The van der Waals surface area contributed by atoms with Crippen molar-refractivity contribution >= 4 is 92.6 Å². The van der Waals surface area contributed by atoms with Gasteiger partial charge in [0.1, 0.15) is 59.7 Å². The predicted octanol–water partition coefficient (Wildman–Crippen LogP) is 9.17. The molecule has 0 spiro atoms. The number of piperidine rings is 1. The summed E-state index contributed by atoms with van der Waals surface area (Å²) in [6.07, 6.45) is 18.6. The van der Waals surface area contributed by atoms with E-state index in [1.54, 1.807) is 66.5 Å². The van der Waals surface area contributed by atoms with E-state index >= 15 is 0 Å². The molecule has 37 heteroatoms. The van der Waals surface area contributed by atoms with Gasteiger partial charge in [-0.2, -0.15) is 5.10 Å². The molecular formula is C102H137N15O22. The third-order valence-corrected chi connectivity index (χ3v) is 27.6. The number of aliphatic hydroxyl groups is 3. The number of aryl methyl sites for hydroxylation is 1. The number of hydrogen-bond donors (Lipinski definition) is 6. The Kier molecular flexibility index (Phi) is 38.0. The van der Waals surface area contributed by atoms with Crippen molar-refractivity contribution in [2.75, 3.05) is 141 Å². The maximum absolute atomic E-state index is 14.9. The predicted molar refractivity (Wildman–Crippen MR) is 516 cm³/mol. The van der Waals surface area contributed by atoms with Crippen molar-refractivity contribution in [2.45, 2.75) is 225 Å². The number of methoxy groups -OCH3 is 3. The van der Waals surface area contributed by atoms with Crippen LogP contribution < -0.4 is 26.6 Å². The molecule has 0 radical (unpaired) electrons. The number of ketones is 3. The Morgan fingerprint density at radius 2 is 1.45 bits per heavy atom. The third-order valence-electron chi connectivity index (χ3n) is 27.6. The van der Waals surface area contributed by atoms with Gasteiger partial charge in [0.25, 0.3) is 17.6 Å². The molecular weight excluding hydrogens is 1790 g/mol. The lowest BCUT2D eigenvalue weighted by atomic mass is 9.78. The van der Waals surface area contributed by atoms with E-state index in [1.807, 2.05) is 88.7 Å². The number of aliphatic hydroxyl groups excluding tert-OH is 2. The number of nitrogen functional groups attached to an aromatic ring is 2. The highest BCUT2D eigenvalue weighted by molar-refractivity contribution is 6.39. The monoisotopic (exact) mass is 1920 g/mol. The molecule has 5 aromatic heterocycles. The number of benzene rings is 2. The van der Waals surface area contributed by atoms with E-state index in [9.17, 15) is 53.7 Å². The number of fused-ring (bicyclic) bond motifs is 6. The zero-order chi connectivity index (χ0) is 99.0. The summed E-state index contributed by atoms with van der Waals surface area (Å²) in [5.41, 5.74) is 20.6. The molecule has 2 bridgehead atoms. The van der Waals surface area contributed by atoms with E-state index in [1.165, 1.54) is 36.3 Å². The number of aromatic nitrogens is 8. The summed E-state index contributed by atoms with van der Waals surface area (Å²) in [7, 11) is 4.49. The molecule has 13 rings (SSSR count). The van der Waals surface area contributed by atoms with Crippen molar-refractivity contribution < 1.29 is 105 Å². The van der Waals surface area contributed by atoms with Crippen molar-refractivity contribution in [3.63, 3.8) is 0 Å². The van der Waals surface area contributed by atoms with Crippen molar-refractivity contribution in [1.29, 1.82) is 0 Å². The van der Waals surface area contributed by atoms with Crippen LogP contribution in [0, 0.1) is 35.5 Å². The molecule has 4 fully saturated rings. The molecule has 16 atom stereocenters. The standard InChI is InChI=1S/C102H137N15O22/c1-62-16-12-11-13-17-63(2)83(129-8)51-78-25-19-68(7)102(128,139-78)94(124)98(126)116-32-15-14-18-79(116)99(127)138-84(52-80(119)64(3)45-67(6)92(123)93(131-10)91(122)66(5)44-62)65(4)46-69-21-26-82(85(48-69)130-9)137-88(121)28-22-71-53-106-101(107-54-71)115-35-34-114(59-77(115)60-118)100-108-55-76(56-109-100)97(125)105-31-37-133-39-41-135-43-42-134-40-38-132-36-30-87(120)113-33-29-72-47-70(20-23-74(72)58-113)57-117-96-89(95(104)110-61-111-96)90(112-117)73-24-27-81-75(49-73)50-86(103)136-81/h11-13,16-17,20,23-24,27,45,47,49-50,53-56,61-62,64-66,68-69,77-79,82-85,92-93,118,123,128H,14-15,18-19,21-22,25-26,28-44,46,48,51-52,57-60,103H2,1-10H3,(H,105,125)(H2,104,110,111)/b13-11+,16-12+,63-17+,67-45+/t62-,64-,65-,66-,68-,69+,77?,78+,79+,82-,83+,84+,85-,92-,93+,102-/m1/s1. The number of carbonyl (C=O) groups excluding carboxylic acids is 8. The van der Waals surface area contributed by atoms with Gasteiger partial charge in [-0.05, 0) is 160 Å². The fraction of sp³-hybridized carbons (Fsp3) is 0.578. The lowest BCUT2D eigenvalue weighted by molar-refractivity contribution is -0.265. The van der Waals surface area contributed by atoms with Gasteiger partial charge in [0.2, 0.25) is 23.6 Å². The number of nitrogens with one attached hydrogen (secondary N) is 1. The number of esters is 2. The maximum atomic E-state index is 14.9. The van der Waals surface area contributed by atoms with Crippen LogP contribution >= 0.6 is 0 Å². The molecule has 5 aliphatic heterocycles. The van der Waals surface area contributed by atoms with Crippen molar-refractivity contribution in [3.05, 3.63) is 149 Å². The van der Waals surface area contributed by atoms with Crippen LogP contribution in [0.15, 0.2) is 126 Å². The number of rotatable bonds is 32. The van der Waals surface area contributed by atoms with E-state index in [4.69, 9.17) is 68.4 Å². The largest absolute Gasteiger partial charge is 0.460 e. The second-order valence-electron chi connectivity index (χ2n) is 37.7. The molecule has 6 aliphatic rings. The zero-order valence-electron chi connectivity index (χ0n) is 81.5. The van der Waals surface area contributed by atoms with Gasteiger partial charge < -0.3 is 103 Å². The number of nitrogens with two attached hydrogens (primary N) is 2. The van der Waals surface area contributed by atoms with Crippen LogP contribution in [0.25, 0.3) is 33.3 Å². The summed E-state index contributed by atoms with van der Waals surface area (Å²) in [5.74, 6) is -8.16. The van der Waals surface area contributed by atoms with E-state index < -0.39 is 108 Å². The molecule has 1 saturated carbocycles. The summed E-state index contributed by atoms with van der Waals surface area (Å²) < 4.78 is 66.5. The molecule has 1 aliphatic carbocycles. The Hall–Kier alpha value is -11.2. The summed E-state index contributed by atoms with van der Waals surface area (Å²) in [5, 5.41) is 43.8. The number of ether oxygens (including phenoxy) is 10. The first-order valence-corrected chi connectivity index (χ1v) is 48.7. The molecule has 7 aromatic rings. The first-order chi connectivity index (χ1) is 67.0. The molecule has 752 valence electrons. The number of carbonyl (C=O) groups is 8. The Bertz CT molecular complexity index is 5480. The lowest BCUT2D eigenvalue weighted by Gasteiger charge is -2.42. The number of anilines is 4. The molecule has 2 aromatic carbocycles. The average molecular weight is 1930 g/mol. The van der Waals surface area contributed by atoms with E-state index in [0.717, 1.165) is 34.1 Å². The van der Waals surface area contributed by atoms with Gasteiger partial charge in [-0.15, -0.1) is 0 Å². The second kappa shape index (κ2) is 50.2. The van der Waals surface area contributed by atoms with E-state index in [-0.39, 0.29) is 112 Å². The highest BCUT2D eigenvalue weighted by atomic mass is 16.6. The summed E-state index contributed by atoms with van der Waals surface area (Å²) in [6.45, 7) is 17.9. The number of amides is 3. The van der Waals surface area contributed by atoms with Gasteiger partial charge in [-0.1, -0.05) is 89.3 Å². The zero-order valence-corrected chi connectivity index (χ0v) is 81.5. The van der Waals surface area contributed by atoms with E-state index in [0.29, 0.717) is 194 Å². The minimum Gasteiger partial charge on any atom is -0.460 e. The molecule has 3 amide bonds. The topological polar surface area (TPSA) is 475 Å². The van der Waals surface area contributed by atoms with Gasteiger partial charge >= 0.3 is 11.9 Å². The SMILES string of the molecule is CO[C@H]1C[C@@H]2CC[C@@H](C)[C@@](O)(O2)C(=O)C(=O)N2CCCC[C@H]2C(=O)O[C@H]([C@H](C)C[C@@H]2CC[C@@H](OC(=O)CCc3cnc(N4CCN(c5ncc(C(=O)NCCOCCOCCOCCOCCC(=O)N6CCc7cc(Cn8nc(-c9ccc%10oc(N)cc%10c9)c9c(N)ncnc98)ccc7C6)cn5)CC4CO)nc3)[C@H](OC)C2)CC(=O)[C@H](C)/C=C(\C)[C@@H](O)[C@@H](OC)C(=O)[C@H](C)C[C@H](C)/C=C/C=C/C=C/1C. The van der Waals surface area contributed by atoms with Crippen LogP contribution in [0.4, 0.5) is 23.6 Å². The van der Waals surface area contributed by atoms with E-state index in [2.05, 4.69) is 53.4 Å². The van der Waals surface area contributed by atoms with Crippen LogP contribution in [0.2, 0.25) is 0 Å². The number of allylic oxidation sites excluding steroid dienone is 6. The number of nitrogens with zero attached hydrogens (tertiary/aromatic N) is 12. The van der Waals surface area contributed by atoms with Gasteiger partial charge in [-0.25, -0.2) is 39.4 Å². The van der Waals surface area contributed by atoms with Crippen LogP contribution in [-0.2, 0) is 107 Å². The summed E-state index contributed by atoms with van der Waals surface area (Å²) in [4.78, 5) is 147. The Morgan fingerprint density at radius 3 is 2.19 bits per heavy atom. The normalized spacial score (nSPS) is 26.8. The molecule has 8 N–H and O–H groups in total. The smallest absolute Gasteiger partial charge is 0.329 e. The number of cyclic esters (lactones) is 1. The van der Waals surface area contributed by atoms with Gasteiger partial charge in [0.15, 0.2) is 17.3 Å². The Labute approximate surface area is 810 Å². The fourth-order valence-electron chi connectivity index (χ4n) is 19.5. The average Bonchev–Trinajstić information content (AvgIpc) is 1.66. The number of furan rings is 1. The fourth-order valence-corrected chi connectivity index (χ4v) is 19.5. The highest BCUT2D eigenvalue weighted by Crippen LogP contribution is 2.41. The number of piperazine rings is 1. The Morgan fingerprint density at radius 1 is 0.712 bits per heavy atom. The summed E-state index contributed by atoms with van der Waals surface area (Å²) >= 11 is 0. The third kappa shape index (κ3) is 27.5. The van der Waals surface area contributed by atoms with Crippen molar-refractivity contribution in [1.82, 2.24) is 54.8 Å². The minimum atomic E-state index is -2.50. The quantitative estimate of drug-likeness (QED) is 0.00989. The van der Waals surface area contributed by atoms with Gasteiger partial charge in [0, 0.05) is 146 Å². The van der Waals surface area contributed by atoms with Gasteiger partial charge in [0.05, 0.1) is 108 Å². The second-order valence-corrected chi connectivity index (χ2v) is 37.7. The van der Waals surface area contributed by atoms with Crippen molar-refractivity contribution in [3.8, 4) is 11.3 Å². The van der Waals surface area contributed by atoms with Crippen molar-refractivity contribution in [2.24, 2.45) is 35.5 Å². The first-order valence-electron chi connectivity index (χ1n) is 48.7. The summed E-state index contributed by atoms with van der Waals surface area (Å²) in [6, 6.07) is 12.2. The maximum Gasteiger partial charge on any atom is 0.329 e. The molecule has 139 heavy (non-hydrogen) atoms. The Balaban J connectivity index is 0.502. The molecule has 10 heterocycles. The minimum absolute atomic E-state index is 0.0250. The van der Waals surface area contributed by atoms with Crippen LogP contribution in [0.1, 0.15) is 171 Å². The molecule has 3 saturated heterocycles. The lowest BCUT2D eigenvalue weighted by Crippen LogP contribution is -2.61. The van der Waals surface area contributed by atoms with Crippen LogP contribution in [-0.4, -0.2) is 292 Å². The number of hydrogen-bond acceptors (Lipinski definition) is 33. The van der Waals surface area contributed by atoms with Crippen LogP contribution in [0.3, 0.4) is 0 Å². The molecule has 1 unspecified atom stereocenters. The first kappa shape index (κ1) is 105.